The summed E-state index contributed by atoms with van der Waals surface area (Å²) in [6.45, 7) is 0. The Balaban J connectivity index is 1.65. The minimum atomic E-state index is -0.285. The monoisotopic (exact) mass is 558 g/mol. The summed E-state index contributed by atoms with van der Waals surface area (Å²) in [5.41, 5.74) is 6.29. The maximum Gasteiger partial charge on any atom is 0.271 e. The van der Waals surface area contributed by atoms with Crippen LogP contribution in [0.2, 0.25) is 0 Å². The fraction of sp³-hybridized carbons (Fsp3) is 0.172. The zero-order valence-corrected chi connectivity index (χ0v) is 22.2. The van der Waals surface area contributed by atoms with Crippen LogP contribution in [-0.2, 0) is 6.42 Å². The largest absolute Gasteiger partial charge is 0.496 e. The van der Waals surface area contributed by atoms with Gasteiger partial charge in [-0.05, 0) is 54.3 Å². The Morgan fingerprint density at radius 1 is 1.00 bits per heavy atom. The number of thiazole rings is 1. The van der Waals surface area contributed by atoms with E-state index in [1.807, 2.05) is 47.0 Å². The molecule has 180 valence electrons. The summed E-state index contributed by atoms with van der Waals surface area (Å²) < 4.78 is 14.7. The van der Waals surface area contributed by atoms with Crippen LogP contribution in [0.4, 0.5) is 0 Å². The highest BCUT2D eigenvalue weighted by molar-refractivity contribution is 9.10. The summed E-state index contributed by atoms with van der Waals surface area (Å²) in [7, 11) is 3.31. The minimum Gasteiger partial charge on any atom is -0.496 e. The van der Waals surface area contributed by atoms with Gasteiger partial charge >= 0.3 is 0 Å². The van der Waals surface area contributed by atoms with Gasteiger partial charge in [0.2, 0.25) is 0 Å². The number of aromatic nitrogens is 1. The van der Waals surface area contributed by atoms with Crippen molar-refractivity contribution >= 4 is 39.0 Å². The second-order valence-electron chi connectivity index (χ2n) is 8.74. The number of rotatable bonds is 4. The second-order valence-corrected chi connectivity index (χ2v) is 10.7. The van der Waals surface area contributed by atoms with Crippen LogP contribution < -0.4 is 24.4 Å². The Morgan fingerprint density at radius 2 is 1.78 bits per heavy atom. The van der Waals surface area contributed by atoms with Crippen molar-refractivity contribution in [2.24, 2.45) is 4.99 Å². The topological polar surface area (TPSA) is 52.8 Å². The first kappa shape index (κ1) is 23.0. The van der Waals surface area contributed by atoms with E-state index in [1.54, 1.807) is 14.2 Å². The van der Waals surface area contributed by atoms with Crippen molar-refractivity contribution in [1.29, 1.82) is 0 Å². The number of fused-ring (bicyclic) bond motifs is 3. The number of halogens is 1. The predicted molar refractivity (Wildman–Crippen MR) is 146 cm³/mol. The smallest absolute Gasteiger partial charge is 0.271 e. The Morgan fingerprint density at radius 3 is 2.61 bits per heavy atom. The van der Waals surface area contributed by atoms with E-state index in [2.05, 4.69) is 46.3 Å². The first-order chi connectivity index (χ1) is 17.6. The van der Waals surface area contributed by atoms with E-state index in [0.717, 1.165) is 51.0 Å². The molecule has 0 amide bonds. The third-order valence-corrected chi connectivity index (χ3v) is 8.26. The van der Waals surface area contributed by atoms with E-state index < -0.39 is 0 Å². The van der Waals surface area contributed by atoms with Crippen LogP contribution in [0.1, 0.15) is 34.7 Å². The third-order valence-electron chi connectivity index (χ3n) is 6.78. The molecule has 4 aromatic rings. The average molecular weight is 559 g/mol. The van der Waals surface area contributed by atoms with Crippen LogP contribution in [0, 0.1) is 0 Å². The van der Waals surface area contributed by atoms with Gasteiger partial charge in [-0.25, -0.2) is 4.99 Å². The van der Waals surface area contributed by atoms with Crippen molar-refractivity contribution in [2.45, 2.75) is 18.9 Å². The molecule has 2 aliphatic rings. The lowest BCUT2D eigenvalue weighted by atomic mass is 9.83. The van der Waals surface area contributed by atoms with E-state index in [0.29, 0.717) is 15.1 Å². The van der Waals surface area contributed by atoms with Crippen molar-refractivity contribution in [2.75, 3.05) is 14.2 Å². The molecule has 1 aliphatic heterocycles. The van der Waals surface area contributed by atoms with Crippen LogP contribution in [0.25, 0.3) is 11.8 Å². The van der Waals surface area contributed by atoms with Crippen molar-refractivity contribution in [1.82, 2.24) is 4.57 Å². The third kappa shape index (κ3) is 3.74. The molecule has 1 atom stereocenters. The van der Waals surface area contributed by atoms with E-state index in [-0.39, 0.29) is 11.6 Å². The molecular weight excluding hydrogens is 536 g/mol. The van der Waals surface area contributed by atoms with Crippen molar-refractivity contribution in [3.05, 3.63) is 119 Å². The molecule has 0 bridgehead atoms. The summed E-state index contributed by atoms with van der Waals surface area (Å²) in [5, 5.41) is 0. The predicted octanol–water partition coefficient (Wildman–Crippen LogP) is 5.10. The van der Waals surface area contributed by atoms with Gasteiger partial charge in [0.1, 0.15) is 11.5 Å². The van der Waals surface area contributed by atoms with Gasteiger partial charge in [-0.1, -0.05) is 69.7 Å². The highest BCUT2D eigenvalue weighted by Crippen LogP contribution is 2.43. The Bertz CT molecular complexity index is 1720. The van der Waals surface area contributed by atoms with Gasteiger partial charge < -0.3 is 9.47 Å². The number of hydrogen-bond donors (Lipinski definition) is 0. The lowest BCUT2D eigenvalue weighted by Crippen LogP contribution is -2.39. The van der Waals surface area contributed by atoms with E-state index in [9.17, 15) is 4.79 Å². The maximum atomic E-state index is 14.0. The summed E-state index contributed by atoms with van der Waals surface area (Å²) in [6.07, 6.45) is 3.64. The van der Waals surface area contributed by atoms with Gasteiger partial charge in [0.05, 0.1) is 30.5 Å². The number of benzene rings is 3. The molecule has 0 spiro atoms. The normalized spacial score (nSPS) is 16.6. The Labute approximate surface area is 220 Å². The zero-order valence-electron chi connectivity index (χ0n) is 19.8. The molecule has 0 N–H and O–H groups in total. The zero-order chi connectivity index (χ0) is 24.8. The lowest BCUT2D eigenvalue weighted by Gasteiger charge is -2.31. The fourth-order valence-corrected chi connectivity index (χ4v) is 6.52. The number of ether oxygens (including phenoxy) is 2. The fourth-order valence-electron chi connectivity index (χ4n) is 5.15. The molecule has 6 rings (SSSR count). The molecule has 7 heteroatoms. The maximum absolute atomic E-state index is 14.0. The number of hydrogen-bond acceptors (Lipinski definition) is 5. The van der Waals surface area contributed by atoms with Crippen LogP contribution >= 0.6 is 27.3 Å². The van der Waals surface area contributed by atoms with Crippen LogP contribution in [0.15, 0.2) is 86.6 Å². The summed E-state index contributed by atoms with van der Waals surface area (Å²) in [4.78, 5) is 19.7. The Hall–Kier alpha value is -3.42. The van der Waals surface area contributed by atoms with Gasteiger partial charge in [-0.15, -0.1) is 0 Å². The minimum absolute atomic E-state index is 0.0675. The quantitative estimate of drug-likeness (QED) is 0.350. The molecular formula is C29H23BrN2O3S. The molecule has 3 aromatic carbocycles. The highest BCUT2D eigenvalue weighted by Gasteiger charge is 2.33. The molecule has 0 saturated heterocycles. The number of methoxy groups -OCH3 is 2. The van der Waals surface area contributed by atoms with Gasteiger partial charge in [-0.2, -0.15) is 0 Å². The number of aryl methyl sites for hydroxylation is 1. The van der Waals surface area contributed by atoms with Gasteiger partial charge in [0.25, 0.3) is 5.56 Å². The first-order valence-electron chi connectivity index (χ1n) is 11.7. The van der Waals surface area contributed by atoms with Crippen LogP contribution in [-0.4, -0.2) is 18.8 Å². The van der Waals surface area contributed by atoms with Crippen molar-refractivity contribution in [3.63, 3.8) is 0 Å². The molecule has 5 nitrogen and oxygen atoms in total. The molecule has 1 aromatic heterocycles. The molecule has 1 aliphatic carbocycles. The number of para-hydroxylation sites is 1. The molecule has 0 fully saturated rings. The molecule has 0 saturated carbocycles. The lowest BCUT2D eigenvalue weighted by molar-refractivity contribution is 0.402. The standard InChI is InChI=1S/C29H23BrN2O3S/c1-34-23-14-12-19(30)15-18(23)16-25-28(33)32-27(21-9-5-6-10-24(21)35-2)22-13-11-17-7-3-4-8-20(17)26(22)31-29(32)36-25/h3-10,12,14-16,27H,11,13H2,1-2H3. The number of allylic oxidation sites excluding steroid dienone is 1. The van der Waals surface area contributed by atoms with Gasteiger partial charge in [0.15, 0.2) is 4.80 Å². The average Bonchev–Trinajstić information content (AvgIpc) is 3.22. The molecule has 1 unspecified atom stereocenters. The van der Waals surface area contributed by atoms with E-state index in [4.69, 9.17) is 14.5 Å². The van der Waals surface area contributed by atoms with Crippen molar-refractivity contribution in [3.8, 4) is 11.5 Å². The van der Waals surface area contributed by atoms with Crippen LogP contribution in [0.3, 0.4) is 0 Å². The van der Waals surface area contributed by atoms with E-state index >= 15 is 0 Å². The first-order valence-corrected chi connectivity index (χ1v) is 13.3. The molecule has 36 heavy (non-hydrogen) atoms. The SMILES string of the molecule is COc1ccc(Br)cc1C=c1sc2n(c1=O)C(c1ccccc1OC)C1=C(N=2)c2ccccc2CC1. The highest BCUT2D eigenvalue weighted by atomic mass is 79.9. The van der Waals surface area contributed by atoms with E-state index in [1.165, 1.54) is 16.9 Å². The van der Waals surface area contributed by atoms with Crippen molar-refractivity contribution < 1.29 is 9.47 Å². The summed E-state index contributed by atoms with van der Waals surface area (Å²) >= 11 is 4.94. The van der Waals surface area contributed by atoms with Gasteiger partial charge in [-0.3, -0.25) is 9.36 Å². The summed E-state index contributed by atoms with van der Waals surface area (Å²) in [5.74, 6) is 1.47. The second kappa shape index (κ2) is 9.22. The molecule has 2 heterocycles. The number of nitrogens with zero attached hydrogens (tertiary/aromatic N) is 2. The molecule has 0 radical (unpaired) electrons. The Kier molecular flexibility index (Phi) is 5.90. The summed E-state index contributed by atoms with van der Waals surface area (Å²) in [6, 6.07) is 21.9. The van der Waals surface area contributed by atoms with Crippen LogP contribution in [0.5, 0.6) is 11.5 Å². The van der Waals surface area contributed by atoms with Gasteiger partial charge in [0, 0.05) is 21.2 Å².